The van der Waals surface area contributed by atoms with E-state index in [1.165, 1.54) is 17.1 Å². The lowest BCUT2D eigenvalue weighted by Crippen LogP contribution is -2.38. The first kappa shape index (κ1) is 24.6. The molecule has 0 aliphatic rings. The van der Waals surface area contributed by atoms with Gasteiger partial charge in [0.15, 0.2) is 5.96 Å². The van der Waals surface area contributed by atoms with E-state index in [9.17, 15) is 10.1 Å². The van der Waals surface area contributed by atoms with Gasteiger partial charge < -0.3 is 20.1 Å². The minimum absolute atomic E-state index is 0. The lowest BCUT2D eigenvalue weighted by molar-refractivity contribution is -0.385. The van der Waals surface area contributed by atoms with Crippen LogP contribution in [0.25, 0.3) is 0 Å². The van der Waals surface area contributed by atoms with E-state index in [0.717, 1.165) is 16.9 Å². The molecule has 0 aliphatic heterocycles. The molecule has 10 nitrogen and oxygen atoms in total. The van der Waals surface area contributed by atoms with Crippen molar-refractivity contribution in [1.82, 2.24) is 20.4 Å². The van der Waals surface area contributed by atoms with Gasteiger partial charge in [0.05, 0.1) is 18.1 Å². The van der Waals surface area contributed by atoms with Gasteiger partial charge in [-0.3, -0.25) is 19.8 Å². The largest absolute Gasteiger partial charge is 0.491 e. The van der Waals surface area contributed by atoms with Crippen molar-refractivity contribution in [3.63, 3.8) is 0 Å². The number of methoxy groups -OCH3 is 1. The highest BCUT2D eigenvalue weighted by atomic mass is 127. The molecule has 0 spiro atoms. The van der Waals surface area contributed by atoms with Gasteiger partial charge in [-0.2, -0.15) is 5.10 Å². The van der Waals surface area contributed by atoms with E-state index in [0.29, 0.717) is 38.8 Å². The minimum atomic E-state index is -0.467. The third-order valence-corrected chi connectivity index (χ3v) is 3.90. The average molecular weight is 518 g/mol. The number of hydrogen-bond donors (Lipinski definition) is 2. The Bertz CT molecular complexity index is 811. The number of benzene rings is 1. The van der Waals surface area contributed by atoms with E-state index in [1.54, 1.807) is 14.2 Å². The maximum Gasteiger partial charge on any atom is 0.306 e. The number of nitrogens with one attached hydrogen (secondary N) is 2. The average Bonchev–Trinajstić information content (AvgIpc) is 3.15. The summed E-state index contributed by atoms with van der Waals surface area (Å²) in [6.45, 7) is 4.55. The lowest BCUT2D eigenvalue weighted by atomic mass is 10.1. The Hall–Kier alpha value is -2.41. The number of guanidine groups is 1. The van der Waals surface area contributed by atoms with Crippen LogP contribution in [0.5, 0.6) is 5.75 Å². The summed E-state index contributed by atoms with van der Waals surface area (Å²) in [5, 5.41) is 21.0. The monoisotopic (exact) mass is 518 g/mol. The molecule has 0 saturated heterocycles. The number of nitro groups is 1. The van der Waals surface area contributed by atoms with Crippen LogP contribution in [0, 0.1) is 17.0 Å². The molecule has 0 bridgehead atoms. The van der Waals surface area contributed by atoms with Gasteiger partial charge in [-0.15, -0.1) is 24.0 Å². The number of nitrogens with zero attached hydrogens (tertiary/aromatic N) is 4. The summed E-state index contributed by atoms with van der Waals surface area (Å²) in [6.07, 6.45) is 2.63. The first-order valence-electron chi connectivity index (χ1n) is 8.86. The van der Waals surface area contributed by atoms with Crippen molar-refractivity contribution in [2.24, 2.45) is 4.99 Å². The van der Waals surface area contributed by atoms with E-state index in [4.69, 9.17) is 9.47 Å². The molecular weight excluding hydrogens is 491 g/mol. The first-order chi connectivity index (χ1) is 13.5. The number of aryl methyl sites for hydroxylation is 1. The molecule has 2 N–H and O–H groups in total. The molecule has 1 aromatic heterocycles. The fourth-order valence-electron chi connectivity index (χ4n) is 2.43. The normalized spacial score (nSPS) is 10.9. The highest BCUT2D eigenvalue weighted by Gasteiger charge is 2.09. The fraction of sp³-hybridized carbons (Fsp3) is 0.444. The Morgan fingerprint density at radius 2 is 2.14 bits per heavy atom. The zero-order valence-electron chi connectivity index (χ0n) is 16.8. The van der Waals surface area contributed by atoms with Crippen molar-refractivity contribution in [2.75, 3.05) is 33.9 Å². The highest BCUT2D eigenvalue weighted by molar-refractivity contribution is 14.0. The molecule has 0 atom stereocenters. The number of rotatable bonds is 10. The minimum Gasteiger partial charge on any atom is -0.491 e. The molecule has 1 heterocycles. The van der Waals surface area contributed by atoms with Crippen molar-refractivity contribution < 1.29 is 14.4 Å². The van der Waals surface area contributed by atoms with Gasteiger partial charge in [-0.05, 0) is 18.6 Å². The van der Waals surface area contributed by atoms with E-state index in [1.807, 2.05) is 25.1 Å². The predicted molar refractivity (Wildman–Crippen MR) is 121 cm³/mol. The van der Waals surface area contributed by atoms with Gasteiger partial charge in [0, 0.05) is 32.8 Å². The topological polar surface area (TPSA) is 116 Å². The van der Waals surface area contributed by atoms with Crippen LogP contribution in [0.2, 0.25) is 0 Å². The molecule has 0 saturated carbocycles. The molecule has 0 amide bonds. The quantitative estimate of drug-likeness (QED) is 0.124. The van der Waals surface area contributed by atoms with E-state index in [-0.39, 0.29) is 29.7 Å². The molecule has 11 heteroatoms. The summed E-state index contributed by atoms with van der Waals surface area (Å²) in [5.41, 5.74) is 2.10. The van der Waals surface area contributed by atoms with E-state index >= 15 is 0 Å². The smallest absolute Gasteiger partial charge is 0.306 e. The molecular formula is C18H27IN6O4. The van der Waals surface area contributed by atoms with E-state index < -0.39 is 4.92 Å². The van der Waals surface area contributed by atoms with Crippen molar-refractivity contribution >= 4 is 35.6 Å². The number of ether oxygens (including phenoxy) is 2. The zero-order valence-corrected chi connectivity index (χ0v) is 19.1. The Labute approximate surface area is 186 Å². The maximum absolute atomic E-state index is 10.7. The second-order valence-electron chi connectivity index (χ2n) is 6.02. The van der Waals surface area contributed by atoms with Crippen LogP contribution in [0.4, 0.5) is 5.69 Å². The van der Waals surface area contributed by atoms with Crippen LogP contribution < -0.4 is 15.4 Å². The van der Waals surface area contributed by atoms with Crippen molar-refractivity contribution in [3.8, 4) is 5.75 Å². The standard InChI is InChI=1S/C18H26N6O4.HI/c1-14-4-5-15(17(10-14)28-9-8-27-3)11-21-18(19-2)20-6-7-23-13-16(12-22-23)24(25)26;/h4-5,10,12-13H,6-9,11H2,1-3H3,(H2,19,20,21);1H. The molecule has 160 valence electrons. The number of aliphatic imine (C=N–C) groups is 1. The lowest BCUT2D eigenvalue weighted by Gasteiger charge is -2.15. The molecule has 0 aliphatic carbocycles. The fourth-order valence-corrected chi connectivity index (χ4v) is 2.43. The number of hydrogen-bond acceptors (Lipinski definition) is 6. The Morgan fingerprint density at radius 1 is 1.34 bits per heavy atom. The molecule has 29 heavy (non-hydrogen) atoms. The van der Waals surface area contributed by atoms with Gasteiger partial charge in [-0.1, -0.05) is 12.1 Å². The van der Waals surface area contributed by atoms with Crippen molar-refractivity contribution in [2.45, 2.75) is 20.0 Å². The summed E-state index contributed by atoms with van der Waals surface area (Å²) in [4.78, 5) is 14.4. The van der Waals surface area contributed by atoms with Gasteiger partial charge in [-0.25, -0.2) is 0 Å². The van der Waals surface area contributed by atoms with Crippen LogP contribution >= 0.6 is 24.0 Å². The highest BCUT2D eigenvalue weighted by Crippen LogP contribution is 2.20. The Morgan fingerprint density at radius 3 is 2.79 bits per heavy atom. The van der Waals surface area contributed by atoms with E-state index in [2.05, 4.69) is 20.7 Å². The van der Waals surface area contributed by atoms with Crippen molar-refractivity contribution in [1.29, 1.82) is 0 Å². The summed E-state index contributed by atoms with van der Waals surface area (Å²) in [7, 11) is 3.32. The van der Waals surface area contributed by atoms with Crippen LogP contribution in [-0.2, 0) is 17.8 Å². The van der Waals surface area contributed by atoms with Gasteiger partial charge in [0.2, 0.25) is 0 Å². The molecule has 0 unspecified atom stereocenters. The predicted octanol–water partition coefficient (Wildman–Crippen LogP) is 2.11. The molecule has 1 aromatic carbocycles. The summed E-state index contributed by atoms with van der Waals surface area (Å²) in [6, 6.07) is 6.04. The third-order valence-electron chi connectivity index (χ3n) is 3.90. The molecule has 2 rings (SSSR count). The first-order valence-corrected chi connectivity index (χ1v) is 8.86. The van der Waals surface area contributed by atoms with Gasteiger partial charge in [0.1, 0.15) is 24.8 Å². The Kier molecular flexibility index (Phi) is 11.0. The van der Waals surface area contributed by atoms with Gasteiger partial charge in [0.25, 0.3) is 0 Å². The zero-order chi connectivity index (χ0) is 20.4. The molecule has 2 aromatic rings. The van der Waals surface area contributed by atoms with Crippen LogP contribution in [0.15, 0.2) is 35.6 Å². The SMILES string of the molecule is CN=C(NCCn1cc([N+](=O)[O-])cn1)NCc1ccc(C)cc1OCCOC.I. The maximum atomic E-state index is 10.7. The van der Waals surface area contributed by atoms with Crippen LogP contribution in [0.1, 0.15) is 11.1 Å². The van der Waals surface area contributed by atoms with Gasteiger partial charge >= 0.3 is 5.69 Å². The summed E-state index contributed by atoms with van der Waals surface area (Å²) >= 11 is 0. The third kappa shape index (κ3) is 8.23. The van der Waals surface area contributed by atoms with Crippen molar-refractivity contribution in [3.05, 3.63) is 51.8 Å². The van der Waals surface area contributed by atoms with Crippen LogP contribution in [0.3, 0.4) is 0 Å². The van der Waals surface area contributed by atoms with Crippen LogP contribution in [-0.4, -0.2) is 54.6 Å². The number of halogens is 1. The summed E-state index contributed by atoms with van der Waals surface area (Å²) in [5.74, 6) is 1.42. The second-order valence-corrected chi connectivity index (χ2v) is 6.02. The second kappa shape index (κ2) is 12.9. The Balaban J connectivity index is 0.00000420. The summed E-state index contributed by atoms with van der Waals surface area (Å²) < 4.78 is 12.3. The molecule has 0 radical (unpaired) electrons. The number of aromatic nitrogens is 2. The molecule has 0 fully saturated rings.